The van der Waals surface area contributed by atoms with Crippen LogP contribution in [-0.4, -0.2) is 17.1 Å². The van der Waals surface area contributed by atoms with Crippen LogP contribution in [0.2, 0.25) is 0 Å². The second-order valence-electron chi connectivity index (χ2n) is 6.27. The van der Waals surface area contributed by atoms with E-state index < -0.39 is 0 Å². The fourth-order valence-electron chi connectivity index (χ4n) is 2.95. The number of aryl methyl sites for hydroxylation is 2. The number of amides is 2. The van der Waals surface area contributed by atoms with E-state index in [-0.39, 0.29) is 35.9 Å². The molecule has 2 atom stereocenters. The van der Waals surface area contributed by atoms with Gasteiger partial charge in [-0.2, -0.15) is 0 Å². The molecule has 1 aromatic carbocycles. The fourth-order valence-corrected chi connectivity index (χ4v) is 2.95. The van der Waals surface area contributed by atoms with Gasteiger partial charge in [-0.3, -0.25) is 4.79 Å². The number of aromatic amines is 1. The van der Waals surface area contributed by atoms with Crippen molar-refractivity contribution in [3.63, 3.8) is 0 Å². The Morgan fingerprint density at radius 2 is 2.12 bits per heavy atom. The van der Waals surface area contributed by atoms with E-state index >= 15 is 0 Å². The van der Waals surface area contributed by atoms with Crippen molar-refractivity contribution in [2.75, 3.05) is 0 Å². The minimum absolute atomic E-state index is 0.00389. The summed E-state index contributed by atoms with van der Waals surface area (Å²) >= 11 is 0. The van der Waals surface area contributed by atoms with Crippen molar-refractivity contribution in [3.8, 4) is 0 Å². The van der Waals surface area contributed by atoms with Gasteiger partial charge in [-0.05, 0) is 49.6 Å². The van der Waals surface area contributed by atoms with E-state index in [1.54, 1.807) is 6.07 Å². The van der Waals surface area contributed by atoms with Crippen molar-refractivity contribution in [3.05, 3.63) is 68.9 Å². The maximum absolute atomic E-state index is 13.2. The summed E-state index contributed by atoms with van der Waals surface area (Å²) in [5.74, 6) is -0.118. The van der Waals surface area contributed by atoms with Crippen molar-refractivity contribution in [1.82, 2.24) is 15.6 Å². The molecule has 1 aliphatic carbocycles. The van der Waals surface area contributed by atoms with Gasteiger partial charge in [0.2, 0.25) is 0 Å². The highest BCUT2D eigenvalue weighted by Gasteiger charge is 2.39. The standard InChI is InChI=1S/C18H20FN3O2/c1-10-6-11(2)21-17(23)15(10)9-20-18(24)22-16-8-14(16)12-4-3-5-13(19)7-12/h3-7,14,16H,8-9H2,1-2H3,(H,21,23)(H2,20,22,24)/t14-,16+/m0/s1. The van der Waals surface area contributed by atoms with Gasteiger partial charge in [0, 0.05) is 23.2 Å². The molecule has 1 aromatic heterocycles. The monoisotopic (exact) mass is 329 g/mol. The molecule has 0 aliphatic heterocycles. The lowest BCUT2D eigenvalue weighted by molar-refractivity contribution is 0.240. The highest BCUT2D eigenvalue weighted by molar-refractivity contribution is 5.75. The van der Waals surface area contributed by atoms with Gasteiger partial charge in [0.1, 0.15) is 5.82 Å². The van der Waals surface area contributed by atoms with Crippen LogP contribution in [0.4, 0.5) is 9.18 Å². The number of pyridine rings is 1. The number of carbonyl (C=O) groups excluding carboxylic acids is 1. The molecule has 0 spiro atoms. The quantitative estimate of drug-likeness (QED) is 0.806. The minimum Gasteiger partial charge on any atom is -0.335 e. The molecule has 0 unspecified atom stereocenters. The number of aromatic nitrogens is 1. The molecular weight excluding hydrogens is 309 g/mol. The number of carbonyl (C=O) groups is 1. The zero-order valence-corrected chi connectivity index (χ0v) is 13.7. The van der Waals surface area contributed by atoms with Gasteiger partial charge in [0.25, 0.3) is 5.56 Å². The van der Waals surface area contributed by atoms with E-state index in [0.717, 1.165) is 23.2 Å². The van der Waals surface area contributed by atoms with E-state index in [4.69, 9.17) is 0 Å². The molecule has 1 saturated carbocycles. The van der Waals surface area contributed by atoms with Crippen LogP contribution in [0.1, 0.15) is 34.7 Å². The molecule has 1 heterocycles. The largest absolute Gasteiger partial charge is 0.335 e. The summed E-state index contributed by atoms with van der Waals surface area (Å²) in [6.45, 7) is 3.83. The Balaban J connectivity index is 1.54. The number of halogens is 1. The first kappa shape index (κ1) is 16.2. The Labute approximate surface area is 139 Å². The lowest BCUT2D eigenvalue weighted by atomic mass is 10.1. The van der Waals surface area contributed by atoms with Crippen LogP contribution in [-0.2, 0) is 6.54 Å². The number of benzene rings is 1. The van der Waals surface area contributed by atoms with Crippen LogP contribution in [0.25, 0.3) is 0 Å². The highest BCUT2D eigenvalue weighted by atomic mass is 19.1. The maximum Gasteiger partial charge on any atom is 0.315 e. The fraction of sp³-hybridized carbons (Fsp3) is 0.333. The van der Waals surface area contributed by atoms with Crippen molar-refractivity contribution in [1.29, 1.82) is 0 Å². The van der Waals surface area contributed by atoms with Crippen molar-refractivity contribution >= 4 is 6.03 Å². The first-order valence-electron chi connectivity index (χ1n) is 7.93. The van der Waals surface area contributed by atoms with E-state index in [0.29, 0.717) is 5.56 Å². The Bertz CT molecular complexity index is 831. The van der Waals surface area contributed by atoms with Crippen LogP contribution < -0.4 is 16.2 Å². The average Bonchev–Trinajstić information content (AvgIpc) is 3.25. The number of hydrogen-bond acceptors (Lipinski definition) is 2. The molecule has 2 aromatic rings. The molecule has 3 N–H and O–H groups in total. The van der Waals surface area contributed by atoms with E-state index in [1.165, 1.54) is 12.1 Å². The normalized spacial score (nSPS) is 19.0. The molecule has 0 radical (unpaired) electrons. The number of nitrogens with one attached hydrogen (secondary N) is 3. The third-order valence-electron chi connectivity index (χ3n) is 4.30. The number of H-pyrrole nitrogens is 1. The van der Waals surface area contributed by atoms with Crippen molar-refractivity contribution in [2.24, 2.45) is 0 Å². The molecule has 6 heteroatoms. The third-order valence-corrected chi connectivity index (χ3v) is 4.30. The number of rotatable bonds is 4. The van der Waals surface area contributed by atoms with Gasteiger partial charge in [-0.1, -0.05) is 12.1 Å². The maximum atomic E-state index is 13.2. The van der Waals surface area contributed by atoms with Crippen LogP contribution in [0, 0.1) is 19.7 Å². The van der Waals surface area contributed by atoms with Gasteiger partial charge >= 0.3 is 6.03 Å². The second-order valence-corrected chi connectivity index (χ2v) is 6.27. The van der Waals surface area contributed by atoms with E-state index in [1.807, 2.05) is 26.0 Å². The molecule has 126 valence electrons. The Kier molecular flexibility index (Phi) is 4.38. The van der Waals surface area contributed by atoms with E-state index in [2.05, 4.69) is 15.6 Å². The molecule has 0 bridgehead atoms. The topological polar surface area (TPSA) is 74.0 Å². The molecule has 1 aliphatic rings. The van der Waals surface area contributed by atoms with Gasteiger partial charge < -0.3 is 15.6 Å². The predicted octanol–water partition coefficient (Wildman–Crippen LogP) is 2.49. The smallest absolute Gasteiger partial charge is 0.315 e. The SMILES string of the molecule is Cc1cc(C)c(CNC(=O)N[C@@H]2C[C@H]2c2cccc(F)c2)c(=O)[nH]1. The van der Waals surface area contributed by atoms with Crippen LogP contribution in [0.3, 0.4) is 0 Å². The van der Waals surface area contributed by atoms with Crippen LogP contribution in [0.5, 0.6) is 0 Å². The minimum atomic E-state index is -0.321. The second kappa shape index (κ2) is 6.47. The summed E-state index contributed by atoms with van der Waals surface area (Å²) in [4.78, 5) is 26.6. The molecule has 1 fully saturated rings. The van der Waals surface area contributed by atoms with Crippen LogP contribution in [0.15, 0.2) is 35.1 Å². The Morgan fingerprint density at radius 1 is 1.33 bits per heavy atom. The van der Waals surface area contributed by atoms with Gasteiger partial charge in [0.15, 0.2) is 0 Å². The lowest BCUT2D eigenvalue weighted by Gasteiger charge is -2.09. The predicted molar refractivity (Wildman–Crippen MR) is 89.5 cm³/mol. The first-order chi connectivity index (χ1) is 11.4. The third kappa shape index (κ3) is 3.64. The van der Waals surface area contributed by atoms with E-state index in [9.17, 15) is 14.0 Å². The summed E-state index contributed by atoms with van der Waals surface area (Å²) in [7, 11) is 0. The Morgan fingerprint density at radius 3 is 2.83 bits per heavy atom. The summed E-state index contributed by atoms with van der Waals surface area (Å²) in [6, 6.07) is 8.00. The van der Waals surface area contributed by atoms with Gasteiger partial charge in [0.05, 0.1) is 6.54 Å². The summed E-state index contributed by atoms with van der Waals surface area (Å²) in [6.07, 6.45) is 0.793. The average molecular weight is 329 g/mol. The van der Waals surface area contributed by atoms with Gasteiger partial charge in [-0.15, -0.1) is 0 Å². The molecule has 0 saturated heterocycles. The number of urea groups is 1. The Hall–Kier alpha value is -2.63. The number of hydrogen-bond donors (Lipinski definition) is 3. The van der Waals surface area contributed by atoms with Crippen molar-refractivity contribution < 1.29 is 9.18 Å². The summed E-state index contributed by atoms with van der Waals surface area (Å²) in [5.41, 5.74) is 2.90. The van der Waals surface area contributed by atoms with Crippen LogP contribution >= 0.6 is 0 Å². The first-order valence-corrected chi connectivity index (χ1v) is 7.93. The zero-order valence-electron chi connectivity index (χ0n) is 13.7. The molecular formula is C18H20FN3O2. The highest BCUT2D eigenvalue weighted by Crippen LogP contribution is 2.40. The molecule has 2 amide bonds. The molecule has 24 heavy (non-hydrogen) atoms. The lowest BCUT2D eigenvalue weighted by Crippen LogP contribution is -2.38. The molecule has 3 rings (SSSR count). The summed E-state index contributed by atoms with van der Waals surface area (Å²) in [5, 5.41) is 5.57. The summed E-state index contributed by atoms with van der Waals surface area (Å²) < 4.78 is 13.2. The van der Waals surface area contributed by atoms with Gasteiger partial charge in [-0.25, -0.2) is 9.18 Å². The van der Waals surface area contributed by atoms with Crippen molar-refractivity contribution in [2.45, 2.75) is 38.8 Å². The zero-order chi connectivity index (χ0) is 17.3. The molecule has 5 nitrogen and oxygen atoms in total.